The van der Waals surface area contributed by atoms with Gasteiger partial charge in [-0.2, -0.15) is 0 Å². The molecular formula is C16H19FN6O4S. The summed E-state index contributed by atoms with van der Waals surface area (Å²) in [5, 5.41) is 14.6. The van der Waals surface area contributed by atoms with Crippen molar-refractivity contribution in [1.29, 1.82) is 5.41 Å². The Bertz CT molecular complexity index is 966. The Hall–Kier alpha value is -3.12. The summed E-state index contributed by atoms with van der Waals surface area (Å²) in [5.74, 6) is -1.78. The summed E-state index contributed by atoms with van der Waals surface area (Å²) in [6.45, 7) is -0.270. The number of esters is 1. The number of nitrogens with two attached hydrogens (primary N) is 2. The number of benzene rings is 1. The first-order valence-corrected chi connectivity index (χ1v) is 9.70. The number of nitrogens with one attached hydrogen (secondary N) is 2. The van der Waals surface area contributed by atoms with E-state index in [0.717, 1.165) is 0 Å². The molecule has 12 heteroatoms. The molecule has 0 amide bonds. The summed E-state index contributed by atoms with van der Waals surface area (Å²) in [6, 6.07) is 4.57. The van der Waals surface area contributed by atoms with E-state index in [2.05, 4.69) is 15.3 Å². The molecule has 0 aliphatic carbocycles. The van der Waals surface area contributed by atoms with Crippen LogP contribution in [-0.4, -0.2) is 42.5 Å². The lowest BCUT2D eigenvalue weighted by atomic mass is 10.1. The predicted octanol–water partition coefficient (Wildman–Crippen LogP) is 0.352. The maximum Gasteiger partial charge on any atom is 0.313 e. The van der Waals surface area contributed by atoms with E-state index in [4.69, 9.17) is 21.0 Å². The van der Waals surface area contributed by atoms with Crippen LogP contribution < -0.4 is 16.2 Å². The van der Waals surface area contributed by atoms with Crippen LogP contribution in [0.15, 0.2) is 30.6 Å². The van der Waals surface area contributed by atoms with Crippen molar-refractivity contribution >= 4 is 27.8 Å². The number of amidine groups is 1. The maximum absolute atomic E-state index is 14.7. The van der Waals surface area contributed by atoms with Crippen LogP contribution >= 0.6 is 0 Å². The van der Waals surface area contributed by atoms with Crippen LogP contribution in [0.4, 0.5) is 10.3 Å². The summed E-state index contributed by atoms with van der Waals surface area (Å²) in [4.78, 5) is 19.5. The van der Waals surface area contributed by atoms with Crippen molar-refractivity contribution < 1.29 is 22.3 Å². The number of rotatable bonds is 9. The van der Waals surface area contributed by atoms with Gasteiger partial charge >= 0.3 is 5.97 Å². The maximum atomic E-state index is 14.7. The van der Waals surface area contributed by atoms with Gasteiger partial charge in [-0.05, 0) is 0 Å². The van der Waals surface area contributed by atoms with Gasteiger partial charge in [0.05, 0.1) is 5.75 Å². The Balaban J connectivity index is 2.06. The minimum Gasteiger partial charge on any atom is -0.460 e. The molecule has 0 spiro atoms. The molecule has 1 aromatic carbocycles. The van der Waals surface area contributed by atoms with Gasteiger partial charge in [-0.25, -0.2) is 27.9 Å². The van der Waals surface area contributed by atoms with Crippen LogP contribution in [0.3, 0.4) is 0 Å². The minimum atomic E-state index is -3.60. The second kappa shape index (κ2) is 9.19. The van der Waals surface area contributed by atoms with E-state index in [1.54, 1.807) is 6.07 Å². The van der Waals surface area contributed by atoms with E-state index in [1.807, 2.05) is 0 Å². The number of aromatic nitrogens is 2. The van der Waals surface area contributed by atoms with Crippen LogP contribution in [0.2, 0.25) is 0 Å². The number of sulfonamides is 1. The van der Waals surface area contributed by atoms with Crippen molar-refractivity contribution in [1.82, 2.24) is 9.97 Å². The number of primary sulfonamides is 1. The smallest absolute Gasteiger partial charge is 0.313 e. The molecule has 6 N–H and O–H groups in total. The first kappa shape index (κ1) is 21.2. The Morgan fingerprint density at radius 1 is 1.29 bits per heavy atom. The summed E-state index contributed by atoms with van der Waals surface area (Å²) in [5.41, 5.74) is 5.84. The van der Waals surface area contributed by atoms with Gasteiger partial charge < -0.3 is 15.8 Å². The van der Waals surface area contributed by atoms with Crippen LogP contribution in [0.25, 0.3) is 11.1 Å². The van der Waals surface area contributed by atoms with Crippen molar-refractivity contribution in [3.05, 3.63) is 42.0 Å². The highest BCUT2D eigenvalue weighted by Gasteiger charge is 2.13. The molecule has 0 atom stereocenters. The number of anilines is 1. The third kappa shape index (κ3) is 6.55. The SMILES string of the molecule is N=C(N)CC(=O)OCc1cccc(-c2cnc(NCCS(N)(=O)=O)nc2)c1F. The quantitative estimate of drug-likeness (QED) is 0.260. The zero-order chi connectivity index (χ0) is 20.7. The number of hydrogen-bond donors (Lipinski definition) is 4. The highest BCUT2D eigenvalue weighted by molar-refractivity contribution is 7.89. The topological polar surface area (TPSA) is 174 Å². The summed E-state index contributed by atoms with van der Waals surface area (Å²) in [7, 11) is -3.60. The van der Waals surface area contributed by atoms with Crippen molar-refractivity contribution in [3.63, 3.8) is 0 Å². The average Bonchev–Trinajstić information content (AvgIpc) is 2.60. The zero-order valence-corrected chi connectivity index (χ0v) is 15.5. The van der Waals surface area contributed by atoms with Crippen LogP contribution in [0.1, 0.15) is 12.0 Å². The summed E-state index contributed by atoms with van der Waals surface area (Å²) >= 11 is 0. The largest absolute Gasteiger partial charge is 0.460 e. The highest BCUT2D eigenvalue weighted by Crippen LogP contribution is 2.24. The zero-order valence-electron chi connectivity index (χ0n) is 14.7. The number of ether oxygens (including phenoxy) is 1. The van der Waals surface area contributed by atoms with Gasteiger partial charge in [-0.3, -0.25) is 10.2 Å². The molecule has 0 saturated heterocycles. The second-order valence-electron chi connectivity index (χ2n) is 5.73. The molecule has 1 aromatic heterocycles. The van der Waals surface area contributed by atoms with Gasteiger partial charge in [0.15, 0.2) is 0 Å². The van der Waals surface area contributed by atoms with Gasteiger partial charge in [0.2, 0.25) is 16.0 Å². The molecule has 0 unspecified atom stereocenters. The van der Waals surface area contributed by atoms with Gasteiger partial charge in [-0.15, -0.1) is 0 Å². The Morgan fingerprint density at radius 3 is 2.57 bits per heavy atom. The third-order valence-electron chi connectivity index (χ3n) is 3.43. The molecule has 1 heterocycles. The van der Waals surface area contributed by atoms with Gasteiger partial charge in [-0.1, -0.05) is 18.2 Å². The molecule has 0 fully saturated rings. The van der Waals surface area contributed by atoms with Crippen molar-refractivity contribution in [2.45, 2.75) is 13.0 Å². The van der Waals surface area contributed by atoms with Crippen molar-refractivity contribution in [2.75, 3.05) is 17.6 Å². The molecule has 0 saturated carbocycles. The summed E-state index contributed by atoms with van der Waals surface area (Å²) < 4.78 is 41.4. The molecule has 150 valence electrons. The van der Waals surface area contributed by atoms with Gasteiger partial charge in [0, 0.05) is 35.6 Å². The molecule has 0 bridgehead atoms. The minimum absolute atomic E-state index is 0.0354. The second-order valence-corrected chi connectivity index (χ2v) is 7.46. The number of carbonyl (C=O) groups excluding carboxylic acids is 1. The Morgan fingerprint density at radius 2 is 1.96 bits per heavy atom. The van der Waals surface area contributed by atoms with Crippen LogP contribution in [-0.2, 0) is 26.2 Å². The average molecular weight is 410 g/mol. The number of carbonyl (C=O) groups is 1. The normalized spacial score (nSPS) is 11.1. The molecule has 10 nitrogen and oxygen atoms in total. The Kier molecular flexibility index (Phi) is 6.95. The lowest BCUT2D eigenvalue weighted by Crippen LogP contribution is -2.22. The molecule has 0 aliphatic rings. The van der Waals surface area contributed by atoms with Gasteiger partial charge in [0.25, 0.3) is 0 Å². The van der Waals surface area contributed by atoms with Crippen molar-refractivity contribution in [2.24, 2.45) is 10.9 Å². The molecule has 0 aliphatic heterocycles. The number of halogens is 1. The fraction of sp³-hybridized carbons (Fsp3) is 0.250. The molecule has 0 radical (unpaired) electrons. The van der Waals surface area contributed by atoms with Crippen LogP contribution in [0.5, 0.6) is 0 Å². The highest BCUT2D eigenvalue weighted by atomic mass is 32.2. The first-order chi connectivity index (χ1) is 13.2. The lowest BCUT2D eigenvalue weighted by Gasteiger charge is -2.10. The lowest BCUT2D eigenvalue weighted by molar-refractivity contribution is -0.143. The van der Waals surface area contributed by atoms with E-state index in [9.17, 15) is 17.6 Å². The standard InChI is InChI=1S/C16H19FN6O4S/c17-15-10(9-27-14(24)6-13(18)19)2-1-3-12(15)11-7-22-16(23-8-11)21-4-5-28(20,25)26/h1-3,7-8H,4-6,9H2,(H3,18,19)(H2,20,25,26)(H,21,22,23). The monoisotopic (exact) mass is 410 g/mol. The van der Waals surface area contributed by atoms with Crippen LogP contribution in [0, 0.1) is 11.2 Å². The first-order valence-electron chi connectivity index (χ1n) is 7.98. The van der Waals surface area contributed by atoms with Crippen molar-refractivity contribution in [3.8, 4) is 11.1 Å². The Labute approximate surface area is 160 Å². The molecule has 2 aromatic rings. The molecule has 28 heavy (non-hydrogen) atoms. The predicted molar refractivity (Wildman–Crippen MR) is 100 cm³/mol. The fourth-order valence-corrected chi connectivity index (χ4v) is 2.53. The van der Waals surface area contributed by atoms with E-state index in [0.29, 0.717) is 5.56 Å². The molecule has 2 rings (SSSR count). The molecular weight excluding hydrogens is 391 g/mol. The summed E-state index contributed by atoms with van der Waals surface area (Å²) in [6.07, 6.45) is 2.38. The van der Waals surface area contributed by atoms with Gasteiger partial charge in [0.1, 0.15) is 24.7 Å². The fourth-order valence-electron chi connectivity index (χ4n) is 2.14. The van der Waals surface area contributed by atoms with E-state index in [1.165, 1.54) is 24.5 Å². The number of nitrogens with zero attached hydrogens (tertiary/aromatic N) is 2. The van der Waals surface area contributed by atoms with E-state index < -0.39 is 21.8 Å². The van der Waals surface area contributed by atoms with E-state index >= 15 is 0 Å². The van der Waals surface area contributed by atoms with E-state index in [-0.39, 0.29) is 48.2 Å². The number of hydrogen-bond acceptors (Lipinski definition) is 8. The third-order valence-corrected chi connectivity index (χ3v) is 4.21.